The van der Waals surface area contributed by atoms with Gasteiger partial charge in [0, 0.05) is 23.1 Å². The van der Waals surface area contributed by atoms with E-state index >= 15 is 0 Å². The smallest absolute Gasteiger partial charge is 0.233 e. The van der Waals surface area contributed by atoms with Crippen molar-refractivity contribution in [2.75, 3.05) is 6.79 Å². The second-order valence-corrected chi connectivity index (χ2v) is 5.41. The van der Waals surface area contributed by atoms with E-state index < -0.39 is 15.8 Å². The fourth-order valence-electron chi connectivity index (χ4n) is 1.63. The van der Waals surface area contributed by atoms with Crippen LogP contribution < -0.4 is 9.46 Å². The third kappa shape index (κ3) is 2.87. The predicted octanol–water partition coefficient (Wildman–Crippen LogP) is 1.26. The molecule has 1 aromatic carbocycles. The van der Waals surface area contributed by atoms with Crippen LogP contribution >= 0.6 is 0 Å². The molecule has 7 heteroatoms. The Morgan fingerprint density at radius 3 is 3.00 bits per heavy atom. The average molecular weight is 273 g/mol. The predicted molar refractivity (Wildman–Crippen MR) is 62.6 cm³/mol. The van der Waals surface area contributed by atoms with E-state index in [1.54, 1.807) is 0 Å². The van der Waals surface area contributed by atoms with Crippen LogP contribution in [0.4, 0.5) is 4.39 Å². The zero-order valence-corrected chi connectivity index (χ0v) is 10.3. The minimum Gasteiger partial charge on any atom is -0.467 e. The highest BCUT2D eigenvalue weighted by molar-refractivity contribution is 7.92. The van der Waals surface area contributed by atoms with E-state index in [4.69, 9.17) is 9.47 Å². The van der Waals surface area contributed by atoms with Crippen molar-refractivity contribution in [1.82, 2.24) is 4.72 Å². The standard InChI is InChI=1S/C11H12FNO4S/c1-2-18(14,15)13-5-8-3-10(12)4-9-6-16-7-17-11(8)9/h2-4,13H,1,5-7H2. The molecule has 98 valence electrons. The first kappa shape index (κ1) is 13.0. The Balaban J connectivity index is 2.27. The average Bonchev–Trinajstić information content (AvgIpc) is 2.36. The molecule has 0 bridgehead atoms. The largest absolute Gasteiger partial charge is 0.467 e. The molecular formula is C11H12FNO4S. The molecule has 0 saturated carbocycles. The maximum atomic E-state index is 13.3. The van der Waals surface area contributed by atoms with Gasteiger partial charge in [0.15, 0.2) is 6.79 Å². The molecule has 0 spiro atoms. The first-order chi connectivity index (χ1) is 8.52. The Morgan fingerprint density at radius 1 is 1.50 bits per heavy atom. The summed E-state index contributed by atoms with van der Waals surface area (Å²) in [4.78, 5) is 0. The summed E-state index contributed by atoms with van der Waals surface area (Å²) >= 11 is 0. The van der Waals surface area contributed by atoms with E-state index in [2.05, 4.69) is 11.3 Å². The summed E-state index contributed by atoms with van der Waals surface area (Å²) in [5, 5.41) is 0.794. The van der Waals surface area contributed by atoms with Gasteiger partial charge in [0.1, 0.15) is 11.6 Å². The monoisotopic (exact) mass is 273 g/mol. The molecule has 0 saturated heterocycles. The molecule has 1 aliphatic rings. The molecule has 0 aromatic heterocycles. The molecule has 0 atom stereocenters. The lowest BCUT2D eigenvalue weighted by Crippen LogP contribution is -2.22. The van der Waals surface area contributed by atoms with Crippen LogP contribution in [0.1, 0.15) is 11.1 Å². The van der Waals surface area contributed by atoms with Gasteiger partial charge in [-0.05, 0) is 12.1 Å². The summed E-state index contributed by atoms with van der Waals surface area (Å²) in [6.45, 7) is 3.43. The number of hydrogen-bond donors (Lipinski definition) is 1. The van der Waals surface area contributed by atoms with Crippen molar-refractivity contribution in [2.45, 2.75) is 13.2 Å². The number of sulfonamides is 1. The topological polar surface area (TPSA) is 64.6 Å². The molecule has 0 fully saturated rings. The van der Waals surface area contributed by atoms with Gasteiger partial charge >= 0.3 is 0 Å². The van der Waals surface area contributed by atoms with Crippen LogP contribution in [0.5, 0.6) is 5.75 Å². The molecule has 0 amide bonds. The van der Waals surface area contributed by atoms with Crippen LogP contribution in [-0.4, -0.2) is 15.2 Å². The van der Waals surface area contributed by atoms with Crippen molar-refractivity contribution < 1.29 is 22.3 Å². The number of nitrogens with one attached hydrogen (secondary N) is 1. The van der Waals surface area contributed by atoms with Gasteiger partial charge in [-0.25, -0.2) is 17.5 Å². The lowest BCUT2D eigenvalue weighted by molar-refractivity contribution is -0.0172. The maximum Gasteiger partial charge on any atom is 0.233 e. The van der Waals surface area contributed by atoms with Gasteiger partial charge in [0.2, 0.25) is 10.0 Å². The summed E-state index contributed by atoms with van der Waals surface area (Å²) in [5.41, 5.74) is 0.993. The van der Waals surface area contributed by atoms with Gasteiger partial charge in [-0.3, -0.25) is 0 Å². The molecule has 18 heavy (non-hydrogen) atoms. The molecule has 1 aliphatic heterocycles. The molecule has 2 rings (SSSR count). The second kappa shape index (κ2) is 5.05. The Kier molecular flexibility index (Phi) is 3.65. The van der Waals surface area contributed by atoms with Gasteiger partial charge in [-0.15, -0.1) is 0 Å². The van der Waals surface area contributed by atoms with Crippen LogP contribution in [0.3, 0.4) is 0 Å². The molecule has 1 heterocycles. The highest BCUT2D eigenvalue weighted by Crippen LogP contribution is 2.29. The van der Waals surface area contributed by atoms with Crippen LogP contribution in [0.25, 0.3) is 0 Å². The van der Waals surface area contributed by atoms with Crippen molar-refractivity contribution in [3.05, 3.63) is 41.1 Å². The third-order valence-electron chi connectivity index (χ3n) is 2.43. The summed E-state index contributed by atoms with van der Waals surface area (Å²) in [7, 11) is -3.55. The molecule has 0 unspecified atom stereocenters. The number of hydrogen-bond acceptors (Lipinski definition) is 4. The van der Waals surface area contributed by atoms with Gasteiger partial charge in [0.25, 0.3) is 0 Å². The van der Waals surface area contributed by atoms with Crippen molar-refractivity contribution in [1.29, 1.82) is 0 Å². The van der Waals surface area contributed by atoms with Crippen LogP contribution in [0.2, 0.25) is 0 Å². The summed E-state index contributed by atoms with van der Waals surface area (Å²) in [6, 6.07) is 2.54. The fraction of sp³-hybridized carbons (Fsp3) is 0.273. The van der Waals surface area contributed by atoms with Gasteiger partial charge in [-0.1, -0.05) is 6.58 Å². The summed E-state index contributed by atoms with van der Waals surface area (Å²) in [5.74, 6) is 0.00469. The van der Waals surface area contributed by atoms with Crippen LogP contribution in [0, 0.1) is 5.82 Å². The summed E-state index contributed by atoms with van der Waals surface area (Å²) in [6.07, 6.45) is 0. The minimum absolute atomic E-state index is 0.0611. The van der Waals surface area contributed by atoms with Gasteiger partial charge in [0.05, 0.1) is 6.61 Å². The minimum atomic E-state index is -3.55. The van der Waals surface area contributed by atoms with E-state index in [1.165, 1.54) is 12.1 Å². The first-order valence-corrected chi connectivity index (χ1v) is 6.70. The van der Waals surface area contributed by atoms with Crippen molar-refractivity contribution in [2.24, 2.45) is 0 Å². The van der Waals surface area contributed by atoms with Crippen molar-refractivity contribution in [3.63, 3.8) is 0 Å². The zero-order valence-electron chi connectivity index (χ0n) is 9.48. The summed E-state index contributed by atoms with van der Waals surface area (Å²) < 4.78 is 48.4. The number of fused-ring (bicyclic) bond motifs is 1. The first-order valence-electron chi connectivity index (χ1n) is 5.16. The molecule has 0 radical (unpaired) electrons. The molecular weight excluding hydrogens is 261 g/mol. The number of halogens is 1. The lowest BCUT2D eigenvalue weighted by Gasteiger charge is -2.20. The van der Waals surface area contributed by atoms with Gasteiger partial charge < -0.3 is 9.47 Å². The molecule has 1 N–H and O–H groups in total. The van der Waals surface area contributed by atoms with Crippen LogP contribution in [0.15, 0.2) is 24.1 Å². The Labute approximate surface area is 104 Å². The van der Waals surface area contributed by atoms with Crippen molar-refractivity contribution >= 4 is 10.0 Å². The van der Waals surface area contributed by atoms with E-state index in [0.29, 0.717) is 16.9 Å². The Bertz CT molecular complexity index is 571. The Morgan fingerprint density at radius 2 is 2.28 bits per heavy atom. The highest BCUT2D eigenvalue weighted by Gasteiger charge is 2.17. The molecule has 0 aliphatic carbocycles. The highest BCUT2D eigenvalue weighted by atomic mass is 32.2. The zero-order chi connectivity index (χ0) is 13.2. The third-order valence-corrected chi connectivity index (χ3v) is 3.42. The van der Waals surface area contributed by atoms with E-state index in [9.17, 15) is 12.8 Å². The second-order valence-electron chi connectivity index (χ2n) is 3.70. The number of rotatable bonds is 4. The van der Waals surface area contributed by atoms with E-state index in [-0.39, 0.29) is 19.9 Å². The normalized spacial score (nSPS) is 14.7. The molecule has 1 aromatic rings. The lowest BCUT2D eigenvalue weighted by atomic mass is 10.1. The molecule has 5 nitrogen and oxygen atoms in total. The number of benzene rings is 1. The quantitative estimate of drug-likeness (QED) is 0.897. The SMILES string of the molecule is C=CS(=O)(=O)NCc1cc(F)cc2c1OCOC2. The fourth-order valence-corrected chi connectivity index (χ4v) is 2.10. The number of ether oxygens (including phenoxy) is 2. The van der Waals surface area contributed by atoms with Crippen LogP contribution in [-0.2, 0) is 27.9 Å². The van der Waals surface area contributed by atoms with E-state index in [0.717, 1.165) is 5.41 Å². The Hall–Kier alpha value is -1.44. The van der Waals surface area contributed by atoms with E-state index in [1.807, 2.05) is 0 Å². The maximum absolute atomic E-state index is 13.3. The van der Waals surface area contributed by atoms with Crippen molar-refractivity contribution in [3.8, 4) is 5.75 Å². The van der Waals surface area contributed by atoms with Gasteiger partial charge in [-0.2, -0.15) is 0 Å².